The van der Waals surface area contributed by atoms with Gasteiger partial charge in [-0.1, -0.05) is 48.5 Å². The van der Waals surface area contributed by atoms with E-state index in [0.717, 1.165) is 16.0 Å². The van der Waals surface area contributed by atoms with Gasteiger partial charge < -0.3 is 14.5 Å². The van der Waals surface area contributed by atoms with Crippen molar-refractivity contribution in [3.05, 3.63) is 125 Å². The number of esters is 1. The van der Waals surface area contributed by atoms with Crippen LogP contribution >= 0.6 is 0 Å². The number of para-hydroxylation sites is 1. The Balaban J connectivity index is 1.21. The molecule has 0 atom stereocenters. The van der Waals surface area contributed by atoms with Crippen LogP contribution in [0.2, 0.25) is 0 Å². The minimum Gasteiger partial charge on any atom is -0.467 e. The van der Waals surface area contributed by atoms with E-state index in [9.17, 15) is 19.2 Å². The van der Waals surface area contributed by atoms with Gasteiger partial charge in [0.05, 0.1) is 29.5 Å². The highest BCUT2D eigenvalue weighted by atomic mass is 16.5. The topological polar surface area (TPSA) is 106 Å². The van der Waals surface area contributed by atoms with Gasteiger partial charge in [-0.2, -0.15) is 0 Å². The molecule has 1 aliphatic rings. The number of ether oxygens (including phenoxy) is 1. The summed E-state index contributed by atoms with van der Waals surface area (Å²) < 4.78 is 10.4. The molecular weight excluding hydrogens is 472 g/mol. The minimum atomic E-state index is -0.778. The van der Waals surface area contributed by atoms with Gasteiger partial charge in [0.15, 0.2) is 6.61 Å². The van der Waals surface area contributed by atoms with Crippen LogP contribution in [0.25, 0.3) is 0 Å². The standard InChI is InChI=1S/C29H22N2O6/c32-26(30-25-11-5-4-9-20(25)15-19-7-2-1-3-8-19)18-37-29(35)21-12-13-23-24(16-21)28(34)31(27(23)33)17-22-10-6-14-36-22/h1-14,16H,15,17-18H2,(H,30,32). The first-order chi connectivity index (χ1) is 18.0. The summed E-state index contributed by atoms with van der Waals surface area (Å²) in [6, 6.07) is 24.7. The van der Waals surface area contributed by atoms with Gasteiger partial charge in [0.2, 0.25) is 0 Å². The van der Waals surface area contributed by atoms with E-state index in [1.807, 2.05) is 48.5 Å². The zero-order valence-corrected chi connectivity index (χ0v) is 19.7. The summed E-state index contributed by atoms with van der Waals surface area (Å²) in [6.07, 6.45) is 2.09. The fourth-order valence-corrected chi connectivity index (χ4v) is 4.13. The van der Waals surface area contributed by atoms with Crippen LogP contribution in [0.5, 0.6) is 0 Å². The first-order valence-electron chi connectivity index (χ1n) is 11.6. The van der Waals surface area contributed by atoms with Crippen molar-refractivity contribution < 1.29 is 28.3 Å². The molecule has 0 aliphatic carbocycles. The van der Waals surface area contributed by atoms with E-state index in [-0.39, 0.29) is 23.2 Å². The lowest BCUT2D eigenvalue weighted by Crippen LogP contribution is -2.28. The molecule has 0 spiro atoms. The van der Waals surface area contributed by atoms with Gasteiger partial charge >= 0.3 is 5.97 Å². The number of fused-ring (bicyclic) bond motifs is 1. The Hall–Kier alpha value is -4.98. The molecule has 3 amide bonds. The molecule has 8 nitrogen and oxygen atoms in total. The molecule has 37 heavy (non-hydrogen) atoms. The highest BCUT2D eigenvalue weighted by molar-refractivity contribution is 6.21. The number of rotatable bonds is 8. The van der Waals surface area contributed by atoms with Gasteiger partial charge in [-0.25, -0.2) is 4.79 Å². The number of anilines is 1. The summed E-state index contributed by atoms with van der Waals surface area (Å²) in [5.74, 6) is -1.81. The highest BCUT2D eigenvalue weighted by Crippen LogP contribution is 2.26. The quantitative estimate of drug-likeness (QED) is 0.286. The van der Waals surface area contributed by atoms with Crippen molar-refractivity contribution in [2.75, 3.05) is 11.9 Å². The number of hydrogen-bond donors (Lipinski definition) is 1. The average molecular weight is 495 g/mol. The molecule has 0 saturated carbocycles. The Morgan fingerprint density at radius 2 is 1.59 bits per heavy atom. The minimum absolute atomic E-state index is 0.00888. The number of hydrogen-bond acceptors (Lipinski definition) is 6. The predicted molar refractivity (Wildman–Crippen MR) is 134 cm³/mol. The van der Waals surface area contributed by atoms with E-state index in [1.165, 1.54) is 24.5 Å². The second-order valence-corrected chi connectivity index (χ2v) is 8.48. The number of imide groups is 1. The van der Waals surface area contributed by atoms with Crippen molar-refractivity contribution in [2.24, 2.45) is 0 Å². The lowest BCUT2D eigenvalue weighted by molar-refractivity contribution is -0.119. The summed E-state index contributed by atoms with van der Waals surface area (Å²) in [7, 11) is 0. The van der Waals surface area contributed by atoms with Crippen molar-refractivity contribution >= 4 is 29.4 Å². The number of nitrogens with one attached hydrogen (secondary N) is 1. The van der Waals surface area contributed by atoms with Crippen LogP contribution in [0, 0.1) is 0 Å². The largest absolute Gasteiger partial charge is 0.467 e. The molecule has 0 fully saturated rings. The number of nitrogens with zero attached hydrogens (tertiary/aromatic N) is 1. The van der Waals surface area contributed by atoms with Crippen molar-refractivity contribution in [1.29, 1.82) is 0 Å². The molecule has 8 heteroatoms. The van der Waals surface area contributed by atoms with Crippen molar-refractivity contribution in [1.82, 2.24) is 4.90 Å². The van der Waals surface area contributed by atoms with E-state index in [2.05, 4.69) is 5.32 Å². The molecular formula is C29H22N2O6. The molecule has 0 bridgehead atoms. The van der Waals surface area contributed by atoms with Gasteiger partial charge in [0, 0.05) is 5.69 Å². The van der Waals surface area contributed by atoms with Crippen LogP contribution in [-0.2, 0) is 22.5 Å². The summed E-state index contributed by atoms with van der Waals surface area (Å²) >= 11 is 0. The molecule has 184 valence electrons. The van der Waals surface area contributed by atoms with Gasteiger partial charge in [0.25, 0.3) is 17.7 Å². The van der Waals surface area contributed by atoms with E-state index >= 15 is 0 Å². The summed E-state index contributed by atoms with van der Waals surface area (Å²) in [5.41, 5.74) is 3.02. The number of carbonyl (C=O) groups excluding carboxylic acids is 4. The number of benzene rings is 3. The van der Waals surface area contributed by atoms with E-state index in [1.54, 1.807) is 18.2 Å². The predicted octanol–water partition coefficient (Wildman–Crippen LogP) is 4.46. The van der Waals surface area contributed by atoms with E-state index in [4.69, 9.17) is 9.15 Å². The zero-order chi connectivity index (χ0) is 25.8. The van der Waals surface area contributed by atoms with E-state index < -0.39 is 30.3 Å². The molecule has 3 aromatic carbocycles. The van der Waals surface area contributed by atoms with Gasteiger partial charge in [-0.05, 0) is 53.9 Å². The fraction of sp³-hybridized carbons (Fsp3) is 0.103. The second-order valence-electron chi connectivity index (χ2n) is 8.48. The molecule has 5 rings (SSSR count). The van der Waals surface area contributed by atoms with Crippen LogP contribution in [0.3, 0.4) is 0 Å². The van der Waals surface area contributed by atoms with Crippen molar-refractivity contribution in [2.45, 2.75) is 13.0 Å². The molecule has 1 aromatic heterocycles. The fourth-order valence-electron chi connectivity index (χ4n) is 4.13. The van der Waals surface area contributed by atoms with Crippen molar-refractivity contribution in [3.63, 3.8) is 0 Å². The molecule has 1 aliphatic heterocycles. The van der Waals surface area contributed by atoms with Gasteiger partial charge in [-0.15, -0.1) is 0 Å². The summed E-state index contributed by atoms with van der Waals surface area (Å²) in [5, 5.41) is 2.79. The first-order valence-corrected chi connectivity index (χ1v) is 11.6. The third-order valence-electron chi connectivity index (χ3n) is 5.96. The monoisotopic (exact) mass is 494 g/mol. The van der Waals surface area contributed by atoms with Crippen LogP contribution in [0.4, 0.5) is 5.69 Å². The smallest absolute Gasteiger partial charge is 0.338 e. The third-order valence-corrected chi connectivity index (χ3v) is 5.96. The molecule has 0 saturated heterocycles. The first kappa shape index (κ1) is 23.7. The van der Waals surface area contributed by atoms with Crippen LogP contribution < -0.4 is 5.32 Å². The Morgan fingerprint density at radius 3 is 2.38 bits per heavy atom. The normalized spacial score (nSPS) is 12.4. The summed E-state index contributed by atoms with van der Waals surface area (Å²) in [4.78, 5) is 51.6. The summed E-state index contributed by atoms with van der Waals surface area (Å²) in [6.45, 7) is -0.516. The van der Waals surface area contributed by atoms with Crippen molar-refractivity contribution in [3.8, 4) is 0 Å². The highest BCUT2D eigenvalue weighted by Gasteiger charge is 2.36. The third kappa shape index (κ3) is 5.18. The maximum absolute atomic E-state index is 12.8. The van der Waals surface area contributed by atoms with Gasteiger partial charge in [-0.3, -0.25) is 19.3 Å². The molecule has 4 aromatic rings. The zero-order valence-electron chi connectivity index (χ0n) is 19.7. The van der Waals surface area contributed by atoms with E-state index in [0.29, 0.717) is 17.9 Å². The van der Waals surface area contributed by atoms with Crippen LogP contribution in [0.1, 0.15) is 48.0 Å². The maximum atomic E-state index is 12.8. The Bertz CT molecular complexity index is 1480. The lowest BCUT2D eigenvalue weighted by Gasteiger charge is -2.12. The van der Waals surface area contributed by atoms with Crippen LogP contribution in [0.15, 0.2) is 95.6 Å². The van der Waals surface area contributed by atoms with Gasteiger partial charge in [0.1, 0.15) is 5.76 Å². The lowest BCUT2D eigenvalue weighted by atomic mass is 10.0. The van der Waals surface area contributed by atoms with Crippen LogP contribution in [-0.4, -0.2) is 35.2 Å². The number of carbonyl (C=O) groups is 4. The SMILES string of the molecule is O=C(COC(=O)c1ccc2c(c1)C(=O)N(Cc1ccco1)C2=O)Nc1ccccc1Cc1ccccc1. The molecule has 0 radical (unpaired) electrons. The maximum Gasteiger partial charge on any atom is 0.338 e. The second kappa shape index (κ2) is 10.3. The molecule has 1 N–H and O–H groups in total. The Kier molecular flexibility index (Phi) is 6.63. The number of furan rings is 1. The number of amides is 3. The average Bonchev–Trinajstić information content (AvgIpc) is 3.52. The molecule has 0 unspecified atom stereocenters. The Labute approximate surface area is 212 Å². The Morgan fingerprint density at radius 1 is 0.838 bits per heavy atom. The molecule has 2 heterocycles.